The Morgan fingerprint density at radius 3 is 2.42 bits per heavy atom. The molecule has 2 heterocycles. The lowest BCUT2D eigenvalue weighted by Crippen LogP contribution is -2.04. The first-order valence-electron chi connectivity index (χ1n) is 10.1. The molecule has 5 rings (SSSR count). The predicted octanol–water partition coefficient (Wildman–Crippen LogP) is 5.99. The molecule has 0 fully saturated rings. The highest BCUT2D eigenvalue weighted by atomic mass is 35.5. The molecule has 0 aliphatic heterocycles. The topological polar surface area (TPSA) is 69.6 Å². The standard InChI is InChI=1S/C24H17ClFN5OS/c25-18-8-6-17(7-9-18)23-27-22(32-30-23)15-33-24-29-28-21(14-16-4-2-1-3-5-16)31(24)20-12-10-19(26)11-13-20/h1-13H,14-15H2. The van der Waals surface area contributed by atoms with Crippen molar-refractivity contribution in [3.8, 4) is 17.1 Å². The van der Waals surface area contributed by atoms with Crippen molar-refractivity contribution in [2.24, 2.45) is 0 Å². The molecule has 0 amide bonds. The fraction of sp³-hybridized carbons (Fsp3) is 0.0833. The third kappa shape index (κ3) is 4.97. The number of aromatic nitrogens is 5. The van der Waals surface area contributed by atoms with Crippen LogP contribution in [0.4, 0.5) is 4.39 Å². The fourth-order valence-electron chi connectivity index (χ4n) is 3.29. The number of hydrogen-bond acceptors (Lipinski definition) is 6. The minimum absolute atomic E-state index is 0.300. The maximum atomic E-state index is 13.5. The number of benzene rings is 3. The van der Waals surface area contributed by atoms with Gasteiger partial charge < -0.3 is 4.52 Å². The van der Waals surface area contributed by atoms with E-state index in [2.05, 4.69) is 20.3 Å². The summed E-state index contributed by atoms with van der Waals surface area (Å²) in [6.07, 6.45) is 0.590. The Morgan fingerprint density at radius 2 is 1.67 bits per heavy atom. The van der Waals surface area contributed by atoms with Crippen molar-refractivity contribution in [2.75, 3.05) is 0 Å². The van der Waals surface area contributed by atoms with Crippen LogP contribution in [-0.4, -0.2) is 24.9 Å². The van der Waals surface area contributed by atoms with E-state index in [0.29, 0.717) is 34.1 Å². The maximum Gasteiger partial charge on any atom is 0.237 e. The van der Waals surface area contributed by atoms with Crippen LogP contribution >= 0.6 is 23.4 Å². The van der Waals surface area contributed by atoms with Gasteiger partial charge in [0.05, 0.1) is 5.75 Å². The van der Waals surface area contributed by atoms with Crippen molar-refractivity contribution >= 4 is 23.4 Å². The van der Waals surface area contributed by atoms with Crippen molar-refractivity contribution in [3.05, 3.63) is 107 Å². The van der Waals surface area contributed by atoms with Crippen molar-refractivity contribution in [2.45, 2.75) is 17.3 Å². The Bertz CT molecular complexity index is 1350. The summed E-state index contributed by atoms with van der Waals surface area (Å²) in [6, 6.07) is 23.5. The van der Waals surface area contributed by atoms with E-state index in [-0.39, 0.29) is 5.82 Å². The SMILES string of the molecule is Fc1ccc(-n2c(Cc3ccccc3)nnc2SCc2nc(-c3ccc(Cl)cc3)no2)cc1. The Kier molecular flexibility index (Phi) is 6.19. The average Bonchev–Trinajstić information content (AvgIpc) is 3.47. The van der Waals surface area contributed by atoms with Crippen LogP contribution in [0, 0.1) is 5.82 Å². The van der Waals surface area contributed by atoms with Gasteiger partial charge in [-0.3, -0.25) is 4.57 Å². The van der Waals surface area contributed by atoms with E-state index in [1.807, 2.05) is 47.0 Å². The van der Waals surface area contributed by atoms with Gasteiger partial charge in [0.15, 0.2) is 5.16 Å². The van der Waals surface area contributed by atoms with E-state index in [0.717, 1.165) is 22.6 Å². The van der Waals surface area contributed by atoms with Crippen LogP contribution in [0.5, 0.6) is 0 Å². The quantitative estimate of drug-likeness (QED) is 0.268. The van der Waals surface area contributed by atoms with E-state index in [1.165, 1.54) is 23.9 Å². The lowest BCUT2D eigenvalue weighted by molar-refractivity contribution is 0.391. The fourth-order valence-corrected chi connectivity index (χ4v) is 4.23. The van der Waals surface area contributed by atoms with Crippen molar-refractivity contribution in [1.29, 1.82) is 0 Å². The van der Waals surface area contributed by atoms with Crippen molar-refractivity contribution < 1.29 is 8.91 Å². The summed E-state index contributed by atoms with van der Waals surface area (Å²) in [4.78, 5) is 4.47. The highest BCUT2D eigenvalue weighted by Crippen LogP contribution is 2.27. The van der Waals surface area contributed by atoms with Gasteiger partial charge in [-0.05, 0) is 54.1 Å². The average molecular weight is 478 g/mol. The van der Waals surface area contributed by atoms with E-state index >= 15 is 0 Å². The molecule has 0 aliphatic rings. The second kappa shape index (κ2) is 9.56. The zero-order chi connectivity index (χ0) is 22.6. The molecule has 0 atom stereocenters. The highest BCUT2D eigenvalue weighted by molar-refractivity contribution is 7.98. The predicted molar refractivity (Wildman–Crippen MR) is 125 cm³/mol. The highest BCUT2D eigenvalue weighted by Gasteiger charge is 2.17. The Morgan fingerprint density at radius 1 is 0.909 bits per heavy atom. The summed E-state index contributed by atoms with van der Waals surface area (Å²) in [6.45, 7) is 0. The van der Waals surface area contributed by atoms with Gasteiger partial charge in [0, 0.05) is 22.7 Å². The minimum Gasteiger partial charge on any atom is -0.338 e. The summed E-state index contributed by atoms with van der Waals surface area (Å²) in [5.74, 6) is 1.81. The third-order valence-electron chi connectivity index (χ3n) is 4.89. The molecule has 0 unspecified atom stereocenters. The molecule has 0 N–H and O–H groups in total. The third-order valence-corrected chi connectivity index (χ3v) is 6.05. The van der Waals surface area contributed by atoms with E-state index in [9.17, 15) is 4.39 Å². The van der Waals surface area contributed by atoms with Gasteiger partial charge in [-0.15, -0.1) is 10.2 Å². The van der Waals surface area contributed by atoms with E-state index in [4.69, 9.17) is 16.1 Å². The van der Waals surface area contributed by atoms with E-state index in [1.54, 1.807) is 24.3 Å². The summed E-state index contributed by atoms with van der Waals surface area (Å²) < 4.78 is 20.9. The molecule has 0 aliphatic carbocycles. The van der Waals surface area contributed by atoms with Crippen LogP contribution in [0.25, 0.3) is 17.1 Å². The first-order chi connectivity index (χ1) is 16.2. The molecule has 9 heteroatoms. The number of halogens is 2. The van der Waals surface area contributed by atoms with Gasteiger partial charge in [0.25, 0.3) is 0 Å². The molecule has 0 saturated heterocycles. The second-order valence-corrected chi connectivity index (χ2v) is 8.56. The van der Waals surface area contributed by atoms with Crippen LogP contribution in [0.1, 0.15) is 17.3 Å². The zero-order valence-corrected chi connectivity index (χ0v) is 18.8. The first-order valence-corrected chi connectivity index (χ1v) is 11.5. The molecule has 0 radical (unpaired) electrons. The number of nitrogens with zero attached hydrogens (tertiary/aromatic N) is 5. The Hall–Kier alpha value is -3.49. The summed E-state index contributed by atoms with van der Waals surface area (Å²) in [5, 5.41) is 14.1. The molecule has 164 valence electrons. The molecule has 6 nitrogen and oxygen atoms in total. The number of thioether (sulfide) groups is 1. The molecular weight excluding hydrogens is 461 g/mol. The summed E-state index contributed by atoms with van der Waals surface area (Å²) in [7, 11) is 0. The molecule has 5 aromatic rings. The van der Waals surface area contributed by atoms with Gasteiger partial charge in [0.2, 0.25) is 11.7 Å². The largest absolute Gasteiger partial charge is 0.338 e. The molecule has 33 heavy (non-hydrogen) atoms. The summed E-state index contributed by atoms with van der Waals surface area (Å²) in [5.41, 5.74) is 2.70. The molecule has 0 bridgehead atoms. The smallest absolute Gasteiger partial charge is 0.237 e. The van der Waals surface area contributed by atoms with Crippen LogP contribution in [0.15, 0.2) is 88.5 Å². The van der Waals surface area contributed by atoms with Gasteiger partial charge in [-0.2, -0.15) is 4.98 Å². The summed E-state index contributed by atoms with van der Waals surface area (Å²) >= 11 is 7.37. The number of hydrogen-bond donors (Lipinski definition) is 0. The molecule has 0 saturated carbocycles. The Balaban J connectivity index is 1.40. The van der Waals surface area contributed by atoms with Crippen LogP contribution in [-0.2, 0) is 12.2 Å². The zero-order valence-electron chi connectivity index (χ0n) is 17.2. The maximum absolute atomic E-state index is 13.5. The minimum atomic E-state index is -0.300. The van der Waals surface area contributed by atoms with Crippen LogP contribution in [0.2, 0.25) is 5.02 Å². The van der Waals surface area contributed by atoms with Gasteiger partial charge in [-0.1, -0.05) is 58.9 Å². The molecule has 3 aromatic carbocycles. The van der Waals surface area contributed by atoms with Crippen LogP contribution < -0.4 is 0 Å². The van der Waals surface area contributed by atoms with Gasteiger partial charge in [0.1, 0.15) is 11.6 Å². The lowest BCUT2D eigenvalue weighted by Gasteiger charge is -2.10. The first kappa shape index (κ1) is 21.4. The normalized spacial score (nSPS) is 11.1. The molecular formula is C24H17ClFN5OS. The van der Waals surface area contributed by atoms with Crippen molar-refractivity contribution in [3.63, 3.8) is 0 Å². The van der Waals surface area contributed by atoms with Gasteiger partial charge >= 0.3 is 0 Å². The molecule has 0 spiro atoms. The van der Waals surface area contributed by atoms with Crippen LogP contribution in [0.3, 0.4) is 0 Å². The Labute approximate surface area is 198 Å². The van der Waals surface area contributed by atoms with Crippen molar-refractivity contribution in [1.82, 2.24) is 24.9 Å². The number of rotatable bonds is 7. The van der Waals surface area contributed by atoms with Gasteiger partial charge in [-0.25, -0.2) is 4.39 Å². The molecule has 2 aromatic heterocycles. The van der Waals surface area contributed by atoms with E-state index < -0.39 is 0 Å². The monoisotopic (exact) mass is 477 g/mol. The lowest BCUT2D eigenvalue weighted by atomic mass is 10.1. The second-order valence-electron chi connectivity index (χ2n) is 7.18.